The number of hydrogen-bond donors (Lipinski definition) is 0. The Morgan fingerprint density at radius 3 is 0.930 bits per heavy atom. The minimum absolute atomic E-state index is 0.0811. The van der Waals surface area contributed by atoms with Crippen LogP contribution >= 0.6 is 0 Å². The van der Waals surface area contributed by atoms with Crippen LogP contribution in [0.3, 0.4) is 0 Å². The molecule has 1 atom stereocenters. The van der Waals surface area contributed by atoms with Crippen LogP contribution in [0, 0.1) is 0 Å². The molecule has 0 aliphatic rings. The molecule has 0 saturated heterocycles. The van der Waals surface area contributed by atoms with E-state index < -0.39 is 6.10 Å². The zero-order chi connectivity index (χ0) is 51.4. The van der Waals surface area contributed by atoms with Gasteiger partial charge < -0.3 is 14.2 Å². The molecule has 406 valence electrons. The summed E-state index contributed by atoms with van der Waals surface area (Å²) in [5, 5.41) is 0. The van der Waals surface area contributed by atoms with Crippen molar-refractivity contribution in [2.45, 2.75) is 284 Å². The lowest BCUT2D eigenvalue weighted by Crippen LogP contribution is -2.30. The third-order valence-electron chi connectivity index (χ3n) is 12.6. The molecule has 0 radical (unpaired) electrons. The van der Waals surface area contributed by atoms with Gasteiger partial charge in [-0.15, -0.1) is 0 Å². The molecule has 6 nitrogen and oxygen atoms in total. The molecule has 0 spiro atoms. The van der Waals surface area contributed by atoms with Gasteiger partial charge >= 0.3 is 17.9 Å². The summed E-state index contributed by atoms with van der Waals surface area (Å²) in [4.78, 5) is 38.0. The number of hydrogen-bond acceptors (Lipinski definition) is 6. The van der Waals surface area contributed by atoms with Crippen LogP contribution in [-0.2, 0) is 28.6 Å². The monoisotopic (exact) mass is 987 g/mol. The van der Waals surface area contributed by atoms with E-state index in [1.807, 2.05) is 0 Å². The Hall–Kier alpha value is -3.67. The highest BCUT2D eigenvalue weighted by molar-refractivity contribution is 5.71. The van der Waals surface area contributed by atoms with E-state index in [0.717, 1.165) is 122 Å². The highest BCUT2D eigenvalue weighted by Crippen LogP contribution is 2.15. The van der Waals surface area contributed by atoms with E-state index in [4.69, 9.17) is 14.2 Å². The van der Waals surface area contributed by atoms with Gasteiger partial charge in [0.25, 0.3) is 0 Å². The zero-order valence-electron chi connectivity index (χ0n) is 46.5. The van der Waals surface area contributed by atoms with Crippen LogP contribution in [-0.4, -0.2) is 37.2 Å². The summed E-state index contributed by atoms with van der Waals surface area (Å²) in [6, 6.07) is 0. The Bertz CT molecular complexity index is 1410. The first-order chi connectivity index (χ1) is 35.0. The molecule has 0 aliphatic heterocycles. The van der Waals surface area contributed by atoms with Gasteiger partial charge in [0.15, 0.2) is 6.10 Å². The second-order valence-corrected chi connectivity index (χ2v) is 19.5. The van der Waals surface area contributed by atoms with Gasteiger partial charge in [-0.2, -0.15) is 0 Å². The molecule has 0 aliphatic carbocycles. The van der Waals surface area contributed by atoms with Gasteiger partial charge in [-0.3, -0.25) is 14.4 Å². The Kier molecular flexibility index (Phi) is 55.9. The van der Waals surface area contributed by atoms with Gasteiger partial charge in [0.05, 0.1) is 0 Å². The molecular formula is C65H110O6. The summed E-state index contributed by atoms with van der Waals surface area (Å²) in [6.07, 6.45) is 78.4. The van der Waals surface area contributed by atoms with Gasteiger partial charge in [0.1, 0.15) is 13.2 Å². The van der Waals surface area contributed by atoms with Gasteiger partial charge in [-0.05, 0) is 96.3 Å². The van der Waals surface area contributed by atoms with E-state index >= 15 is 0 Å². The topological polar surface area (TPSA) is 78.9 Å². The number of carbonyl (C=O) groups is 3. The lowest BCUT2D eigenvalue weighted by molar-refractivity contribution is -0.167. The fourth-order valence-corrected chi connectivity index (χ4v) is 8.13. The molecule has 0 heterocycles. The maximum absolute atomic E-state index is 12.8. The highest BCUT2D eigenvalue weighted by Gasteiger charge is 2.19. The maximum Gasteiger partial charge on any atom is 0.306 e. The second-order valence-electron chi connectivity index (χ2n) is 19.5. The summed E-state index contributed by atoms with van der Waals surface area (Å²) >= 11 is 0. The largest absolute Gasteiger partial charge is 0.462 e. The van der Waals surface area contributed by atoms with E-state index in [0.29, 0.717) is 19.3 Å². The number of unbranched alkanes of at least 4 members (excludes halogenated alkanes) is 26. The Morgan fingerprint density at radius 2 is 0.577 bits per heavy atom. The van der Waals surface area contributed by atoms with E-state index in [1.54, 1.807) is 0 Å². The Labute approximate surface area is 438 Å². The van der Waals surface area contributed by atoms with Crippen LogP contribution in [0.5, 0.6) is 0 Å². The van der Waals surface area contributed by atoms with E-state index in [1.165, 1.54) is 116 Å². The molecule has 71 heavy (non-hydrogen) atoms. The van der Waals surface area contributed by atoms with Crippen molar-refractivity contribution >= 4 is 17.9 Å². The number of ether oxygens (including phenoxy) is 3. The van der Waals surface area contributed by atoms with Crippen LogP contribution < -0.4 is 0 Å². The molecule has 0 rings (SSSR count). The summed E-state index contributed by atoms with van der Waals surface area (Å²) in [5.74, 6) is -0.893. The molecule has 0 N–H and O–H groups in total. The van der Waals surface area contributed by atoms with Crippen molar-refractivity contribution in [2.24, 2.45) is 0 Å². The average Bonchev–Trinajstić information content (AvgIpc) is 3.37. The molecule has 1 unspecified atom stereocenters. The van der Waals surface area contributed by atoms with Gasteiger partial charge in [-0.1, -0.05) is 259 Å². The quantitative estimate of drug-likeness (QED) is 0.0261. The Morgan fingerprint density at radius 1 is 0.296 bits per heavy atom. The molecule has 0 aromatic carbocycles. The first-order valence-corrected chi connectivity index (χ1v) is 29.7. The highest BCUT2D eigenvalue weighted by atomic mass is 16.6. The lowest BCUT2D eigenvalue weighted by atomic mass is 10.0. The third-order valence-corrected chi connectivity index (χ3v) is 12.6. The summed E-state index contributed by atoms with van der Waals surface area (Å²) in [7, 11) is 0. The maximum atomic E-state index is 12.8. The molecule has 0 bridgehead atoms. The van der Waals surface area contributed by atoms with Crippen molar-refractivity contribution in [3.05, 3.63) is 97.2 Å². The third kappa shape index (κ3) is 57.1. The second kappa shape index (κ2) is 58.9. The minimum atomic E-state index is -0.780. The van der Waals surface area contributed by atoms with Crippen LogP contribution in [0.2, 0.25) is 0 Å². The van der Waals surface area contributed by atoms with Crippen molar-refractivity contribution in [2.75, 3.05) is 13.2 Å². The minimum Gasteiger partial charge on any atom is -0.462 e. The number of rotatable bonds is 53. The number of carbonyl (C=O) groups excluding carboxylic acids is 3. The fraction of sp³-hybridized carbons (Fsp3) is 0.708. The average molecular weight is 988 g/mol. The predicted molar refractivity (Wildman–Crippen MR) is 307 cm³/mol. The first-order valence-electron chi connectivity index (χ1n) is 29.7. The molecule has 0 amide bonds. The smallest absolute Gasteiger partial charge is 0.306 e. The number of allylic oxidation sites excluding steroid dienone is 16. The van der Waals surface area contributed by atoms with E-state index in [2.05, 4.69) is 118 Å². The van der Waals surface area contributed by atoms with Crippen molar-refractivity contribution < 1.29 is 28.6 Å². The van der Waals surface area contributed by atoms with Crippen molar-refractivity contribution in [3.63, 3.8) is 0 Å². The SMILES string of the molecule is CC/C=C\C/C=C\C/C=C\C/C=C\C/C=C\C/C=C\C/C=C\CCCCCCCCCCCC(=O)OCC(COC(=O)CCCCCCC/C=C\CCC)OC(=O)CCCCCCCCCCCCCC. The molecule has 0 aromatic heterocycles. The molecule has 0 aromatic rings. The first kappa shape index (κ1) is 67.3. The fourth-order valence-electron chi connectivity index (χ4n) is 8.13. The lowest BCUT2D eigenvalue weighted by Gasteiger charge is -2.18. The predicted octanol–water partition coefficient (Wildman–Crippen LogP) is 20.1. The number of esters is 3. The van der Waals surface area contributed by atoms with Crippen LogP contribution in [0.15, 0.2) is 97.2 Å². The molecule has 0 fully saturated rings. The molecule has 6 heteroatoms. The van der Waals surface area contributed by atoms with Gasteiger partial charge in [0, 0.05) is 19.3 Å². The van der Waals surface area contributed by atoms with Crippen molar-refractivity contribution in [3.8, 4) is 0 Å². The normalized spacial score (nSPS) is 12.8. The van der Waals surface area contributed by atoms with Gasteiger partial charge in [-0.25, -0.2) is 0 Å². The van der Waals surface area contributed by atoms with Crippen LogP contribution in [0.25, 0.3) is 0 Å². The van der Waals surface area contributed by atoms with E-state index in [9.17, 15) is 14.4 Å². The molecular weight excluding hydrogens is 877 g/mol. The Balaban J connectivity index is 4.17. The van der Waals surface area contributed by atoms with E-state index in [-0.39, 0.29) is 31.1 Å². The summed E-state index contributed by atoms with van der Waals surface area (Å²) in [5.41, 5.74) is 0. The summed E-state index contributed by atoms with van der Waals surface area (Å²) in [6.45, 7) is 6.45. The van der Waals surface area contributed by atoms with Crippen molar-refractivity contribution in [1.29, 1.82) is 0 Å². The zero-order valence-corrected chi connectivity index (χ0v) is 46.5. The van der Waals surface area contributed by atoms with Crippen LogP contribution in [0.1, 0.15) is 278 Å². The molecule has 0 saturated carbocycles. The summed E-state index contributed by atoms with van der Waals surface area (Å²) < 4.78 is 16.8. The van der Waals surface area contributed by atoms with Crippen LogP contribution in [0.4, 0.5) is 0 Å². The van der Waals surface area contributed by atoms with Crippen molar-refractivity contribution in [1.82, 2.24) is 0 Å². The standard InChI is InChI=1S/C65H110O6/c1-4-7-10-13-16-19-22-24-25-26-27-28-29-30-31-32-33-34-35-36-37-38-39-40-41-42-44-46-49-52-55-58-64(67)70-61-62(60-69-63(66)57-54-51-48-45-21-18-15-12-9-6-3)71-65(68)59-56-53-50-47-43-23-20-17-14-11-8-5-2/h7,10,12,15-16,19,24-25,27-28,30-31,33-34,36-37,62H,4-6,8-9,11,13-14,17-18,20-23,26,29,32,35,38-61H2,1-3H3/b10-7-,15-12-,19-16-,25-24-,28-27-,31-30-,34-33-,37-36-. The van der Waals surface area contributed by atoms with Gasteiger partial charge in [0.2, 0.25) is 0 Å².